The number of rotatable bonds is 6. The predicted octanol–water partition coefficient (Wildman–Crippen LogP) is 29.9. The molecular formula is C112H68N6. The topological polar surface area (TPSA) is 77.3 Å². The molecule has 6 heteroatoms. The van der Waals surface area contributed by atoms with E-state index in [0.717, 1.165) is 65.4 Å². The van der Waals surface area contributed by atoms with Gasteiger partial charge in [-0.2, -0.15) is 0 Å². The molecule has 0 unspecified atom stereocenters. The fourth-order valence-electron chi connectivity index (χ4n) is 18.7. The summed E-state index contributed by atoms with van der Waals surface area (Å²) in [5, 5.41) is 32.0. The van der Waals surface area contributed by atoms with Gasteiger partial charge in [0.1, 0.15) is 0 Å². The Morgan fingerprint density at radius 2 is 0.322 bits per heavy atom. The second kappa shape index (κ2) is 28.1. The number of fused-ring (bicyclic) bond motifs is 30. The van der Waals surface area contributed by atoms with Crippen LogP contribution in [-0.2, 0) is 0 Å². The zero-order valence-corrected chi connectivity index (χ0v) is 63.9. The van der Waals surface area contributed by atoms with Crippen molar-refractivity contribution in [1.29, 1.82) is 0 Å². The highest BCUT2D eigenvalue weighted by molar-refractivity contribution is 6.28. The molecule has 0 saturated heterocycles. The highest BCUT2D eigenvalue weighted by atomic mass is 14.8. The van der Waals surface area contributed by atoms with Gasteiger partial charge in [-0.3, -0.25) is 29.9 Å². The first-order valence-corrected chi connectivity index (χ1v) is 40.2. The van der Waals surface area contributed by atoms with E-state index in [0.29, 0.717) is 0 Å². The SMILES string of the molecule is c1cc(-c2ccc3c4ccccc4c4ccccc4c3c2)cc(-c2ccc3c4ccccc4c4nccnc4c3c2)c1.c1cc(-c2ccc3c4ccccc4c4nccnc4c3c2)cc(-c2cc3ccccc3c3ccccc23)c1.c1ccc2c(c1)cc(-c1ccc(-c3ccc4c5ccccc5c5nccnc5c4c3)cc1)c1ccccc12. The van der Waals surface area contributed by atoms with Crippen molar-refractivity contribution >= 4 is 173 Å². The van der Waals surface area contributed by atoms with Crippen molar-refractivity contribution in [2.45, 2.75) is 0 Å². The molecule has 0 aliphatic rings. The summed E-state index contributed by atoms with van der Waals surface area (Å²) in [6, 6.07) is 136. The van der Waals surface area contributed by atoms with Gasteiger partial charge in [-0.15, -0.1) is 0 Å². The standard InChI is InChI=1S/C40H24N2.2C36H22N2/c1-2-12-31-29(10-1)30-11-3-4-14-33(30)37-23-27(16-18-34(31)37)25-8-7-9-26(22-25)28-17-19-35-32-13-5-6-15-36(32)39-40(38(35)24-28)42-21-20-41-39;1-2-11-27-26(8-1)22-33(30-14-4-3-12-28(27)30)25-10-7-9-23(20-25)24-16-17-31-29-13-5-6-15-32(29)35-36(34(31)21-24)38-19-18-37-35;1-2-8-27-26(7-1)22-33(30-11-4-3-9-28(27)30)24-15-13-23(14-16-24)25-17-18-31-29-10-5-6-12-32(29)35-36(34(31)21-25)38-20-19-37-35/h1-24H;2*1-22H. The molecule has 22 aromatic carbocycles. The lowest BCUT2D eigenvalue weighted by Gasteiger charge is -2.13. The van der Waals surface area contributed by atoms with Crippen molar-refractivity contribution in [3.8, 4) is 66.8 Å². The molecular weight excluding hydrogens is 1430 g/mol. The molecule has 0 atom stereocenters. The summed E-state index contributed by atoms with van der Waals surface area (Å²) in [4.78, 5) is 28.4. The Balaban J connectivity index is 0.000000104. The average Bonchev–Trinajstić information content (AvgIpc) is 0.752. The van der Waals surface area contributed by atoms with E-state index in [9.17, 15) is 0 Å². The van der Waals surface area contributed by atoms with Crippen LogP contribution in [0.25, 0.3) is 240 Å². The minimum atomic E-state index is 0.942. The van der Waals surface area contributed by atoms with Gasteiger partial charge in [0.2, 0.25) is 0 Å². The van der Waals surface area contributed by atoms with Gasteiger partial charge in [0.25, 0.3) is 0 Å². The molecule has 0 saturated carbocycles. The summed E-state index contributed by atoms with van der Waals surface area (Å²) >= 11 is 0. The van der Waals surface area contributed by atoms with Crippen LogP contribution in [0.4, 0.5) is 0 Å². The van der Waals surface area contributed by atoms with Crippen LogP contribution in [0, 0.1) is 0 Å². The van der Waals surface area contributed by atoms with Crippen molar-refractivity contribution in [2.24, 2.45) is 0 Å². The zero-order valence-electron chi connectivity index (χ0n) is 63.9. The largest absolute Gasteiger partial charge is 0.252 e. The van der Waals surface area contributed by atoms with E-state index in [1.54, 1.807) is 37.2 Å². The zero-order chi connectivity index (χ0) is 77.7. The summed E-state index contributed by atoms with van der Waals surface area (Å²) in [7, 11) is 0. The third-order valence-electron chi connectivity index (χ3n) is 24.2. The monoisotopic (exact) mass is 1500 g/mol. The molecule has 0 spiro atoms. The van der Waals surface area contributed by atoms with Gasteiger partial charge in [0.15, 0.2) is 0 Å². The van der Waals surface area contributed by atoms with E-state index in [1.807, 2.05) is 0 Å². The summed E-state index contributed by atoms with van der Waals surface area (Å²) in [6.07, 6.45) is 10.7. The quantitative estimate of drug-likeness (QED) is 0.154. The van der Waals surface area contributed by atoms with Crippen LogP contribution < -0.4 is 0 Å². The van der Waals surface area contributed by atoms with E-state index in [2.05, 4.69) is 376 Å². The molecule has 3 heterocycles. The van der Waals surface area contributed by atoms with Crippen LogP contribution in [0.3, 0.4) is 0 Å². The number of hydrogen-bond acceptors (Lipinski definition) is 6. The highest BCUT2D eigenvalue weighted by Gasteiger charge is 2.19. The normalized spacial score (nSPS) is 11.7. The Kier molecular flexibility index (Phi) is 16.2. The molecule has 0 fully saturated rings. The Morgan fingerprint density at radius 1 is 0.110 bits per heavy atom. The minimum Gasteiger partial charge on any atom is -0.252 e. The molecule has 25 rings (SSSR count). The van der Waals surface area contributed by atoms with Gasteiger partial charge in [-0.1, -0.05) is 328 Å². The predicted molar refractivity (Wildman–Crippen MR) is 499 cm³/mol. The maximum atomic E-state index is 4.77. The van der Waals surface area contributed by atoms with Crippen LogP contribution in [0.2, 0.25) is 0 Å². The van der Waals surface area contributed by atoms with Crippen LogP contribution >= 0.6 is 0 Å². The van der Waals surface area contributed by atoms with E-state index in [4.69, 9.17) is 29.9 Å². The number of nitrogens with zero attached hydrogens (tertiary/aromatic N) is 6. The number of hydrogen-bond donors (Lipinski definition) is 0. The molecule has 0 aliphatic carbocycles. The fraction of sp³-hybridized carbons (Fsp3) is 0. The van der Waals surface area contributed by atoms with Crippen molar-refractivity contribution in [2.75, 3.05) is 0 Å². The van der Waals surface area contributed by atoms with Crippen molar-refractivity contribution in [3.63, 3.8) is 0 Å². The lowest BCUT2D eigenvalue weighted by atomic mass is 9.91. The molecule has 0 radical (unpaired) electrons. The maximum Gasteiger partial charge on any atom is 0.0971 e. The van der Waals surface area contributed by atoms with E-state index in [1.165, 1.54) is 174 Å². The minimum absolute atomic E-state index is 0.942. The second-order valence-electron chi connectivity index (χ2n) is 30.7. The van der Waals surface area contributed by atoms with Crippen LogP contribution in [0.5, 0.6) is 0 Å². The van der Waals surface area contributed by atoms with Gasteiger partial charge in [0.05, 0.1) is 33.1 Å². The number of benzene rings is 22. The maximum absolute atomic E-state index is 4.77. The van der Waals surface area contributed by atoms with E-state index in [-0.39, 0.29) is 0 Å². The first-order chi connectivity index (χ1) is 58.5. The lowest BCUT2D eigenvalue weighted by Crippen LogP contribution is -1.89. The van der Waals surface area contributed by atoms with Gasteiger partial charge in [-0.25, -0.2) is 0 Å². The third kappa shape index (κ3) is 11.4. The van der Waals surface area contributed by atoms with Crippen molar-refractivity contribution in [1.82, 2.24) is 29.9 Å². The molecule has 546 valence electrons. The summed E-state index contributed by atoms with van der Waals surface area (Å²) in [6.45, 7) is 0. The average molecular weight is 1500 g/mol. The van der Waals surface area contributed by atoms with Gasteiger partial charge < -0.3 is 0 Å². The summed E-state index contributed by atoms with van der Waals surface area (Å²) < 4.78 is 0. The van der Waals surface area contributed by atoms with Crippen LogP contribution in [-0.4, -0.2) is 29.9 Å². The summed E-state index contributed by atoms with van der Waals surface area (Å²) in [5.74, 6) is 0. The summed E-state index contributed by atoms with van der Waals surface area (Å²) in [5.41, 5.74) is 20.1. The Hall–Kier alpha value is -15.8. The molecule has 3 aromatic heterocycles. The highest BCUT2D eigenvalue weighted by Crippen LogP contribution is 2.45. The van der Waals surface area contributed by atoms with E-state index >= 15 is 0 Å². The van der Waals surface area contributed by atoms with Crippen molar-refractivity contribution < 1.29 is 0 Å². The molecule has 0 bridgehead atoms. The van der Waals surface area contributed by atoms with E-state index < -0.39 is 0 Å². The van der Waals surface area contributed by atoms with Gasteiger partial charge >= 0.3 is 0 Å². The Labute approximate surface area is 678 Å². The Morgan fingerprint density at radius 3 is 0.686 bits per heavy atom. The first-order valence-electron chi connectivity index (χ1n) is 40.2. The second-order valence-corrected chi connectivity index (χ2v) is 30.7. The molecule has 118 heavy (non-hydrogen) atoms. The molecule has 6 nitrogen and oxygen atoms in total. The third-order valence-corrected chi connectivity index (χ3v) is 24.2. The molecule has 0 aliphatic heterocycles. The fourth-order valence-corrected chi connectivity index (χ4v) is 18.7. The van der Waals surface area contributed by atoms with Gasteiger partial charge in [0, 0.05) is 69.5 Å². The molecule has 25 aromatic rings. The smallest absolute Gasteiger partial charge is 0.0971 e. The van der Waals surface area contributed by atoms with Crippen LogP contribution in [0.1, 0.15) is 0 Å². The molecule has 0 N–H and O–H groups in total. The number of aromatic nitrogens is 6. The lowest BCUT2D eigenvalue weighted by molar-refractivity contribution is 1.31. The van der Waals surface area contributed by atoms with Crippen LogP contribution in [0.15, 0.2) is 413 Å². The van der Waals surface area contributed by atoms with Gasteiger partial charge in [-0.05, 0) is 223 Å². The molecule has 0 amide bonds. The Bertz CT molecular complexity index is 8150. The van der Waals surface area contributed by atoms with Crippen molar-refractivity contribution in [3.05, 3.63) is 413 Å². The first kappa shape index (κ1) is 67.9.